The number of benzene rings is 3. The summed E-state index contributed by atoms with van der Waals surface area (Å²) in [6.45, 7) is 8.13. The van der Waals surface area contributed by atoms with Crippen LogP contribution in [-0.4, -0.2) is 62.5 Å². The molecule has 0 radical (unpaired) electrons. The highest BCUT2D eigenvalue weighted by molar-refractivity contribution is 8.02. The highest BCUT2D eigenvalue weighted by Gasteiger charge is 2.77. The molecule has 9 heteroatoms. The Morgan fingerprint density at radius 1 is 1.00 bits per heavy atom. The standard InChI is InChI=1S/C34H39N3O5S/c1-5-42-25-14-12-23(13-15-25)35-30(39)27-28-32(41)37(26(19-38)20(2)3)29(34(28)17-16-33(27,4)43-34)31(40)36-24-11-10-21-8-6-7-9-22(21)18-24/h6-15,18,20,26-29,38H,5,16-17,19H2,1-4H3,(H,35,39)(H,36,40)/t26-,27-,28-,29?,33+,34?/m0/s1. The average Bonchev–Trinajstić information content (AvgIpc) is 3.55. The number of carbonyl (C=O) groups is 3. The van der Waals surface area contributed by atoms with Gasteiger partial charge >= 0.3 is 0 Å². The number of fused-ring (bicyclic) bond motifs is 2. The van der Waals surface area contributed by atoms with E-state index >= 15 is 0 Å². The van der Waals surface area contributed by atoms with Crippen LogP contribution in [0.1, 0.15) is 40.5 Å². The highest BCUT2D eigenvalue weighted by atomic mass is 32.2. The highest BCUT2D eigenvalue weighted by Crippen LogP contribution is 2.71. The Bertz CT molecular complexity index is 1560. The monoisotopic (exact) mass is 601 g/mol. The Morgan fingerprint density at radius 2 is 1.67 bits per heavy atom. The second-order valence-corrected chi connectivity index (χ2v) is 14.4. The van der Waals surface area contributed by atoms with Crippen LogP contribution in [0.25, 0.3) is 10.8 Å². The van der Waals surface area contributed by atoms with Gasteiger partial charge in [0.1, 0.15) is 11.8 Å². The van der Waals surface area contributed by atoms with Crippen LogP contribution in [-0.2, 0) is 14.4 Å². The Labute approximate surface area is 256 Å². The molecule has 3 saturated heterocycles. The number of aliphatic hydroxyl groups is 1. The first-order valence-corrected chi connectivity index (χ1v) is 15.9. The van der Waals surface area contributed by atoms with Crippen molar-refractivity contribution < 1.29 is 24.2 Å². The third kappa shape index (κ3) is 4.86. The van der Waals surface area contributed by atoms with Crippen molar-refractivity contribution in [1.29, 1.82) is 0 Å². The van der Waals surface area contributed by atoms with E-state index in [9.17, 15) is 19.5 Å². The van der Waals surface area contributed by atoms with Crippen LogP contribution in [0, 0.1) is 17.8 Å². The lowest BCUT2D eigenvalue weighted by Gasteiger charge is -2.38. The second-order valence-electron chi connectivity index (χ2n) is 12.5. The average molecular weight is 602 g/mol. The van der Waals surface area contributed by atoms with Gasteiger partial charge in [0.05, 0.1) is 35.8 Å². The minimum Gasteiger partial charge on any atom is -0.494 e. The number of aliphatic hydroxyl groups excluding tert-OH is 1. The van der Waals surface area contributed by atoms with Gasteiger partial charge in [-0.15, -0.1) is 11.8 Å². The number of hydrogen-bond donors (Lipinski definition) is 3. The molecule has 2 unspecified atom stereocenters. The molecule has 43 heavy (non-hydrogen) atoms. The van der Waals surface area contributed by atoms with E-state index in [2.05, 4.69) is 17.6 Å². The van der Waals surface area contributed by atoms with Crippen molar-refractivity contribution in [3.05, 3.63) is 66.7 Å². The van der Waals surface area contributed by atoms with E-state index in [1.807, 2.05) is 75.4 Å². The number of ether oxygens (including phenoxy) is 1. The molecular weight excluding hydrogens is 562 g/mol. The van der Waals surface area contributed by atoms with Crippen LogP contribution in [0.2, 0.25) is 0 Å². The van der Waals surface area contributed by atoms with Gasteiger partial charge in [0.15, 0.2) is 0 Å². The fourth-order valence-corrected chi connectivity index (χ4v) is 9.88. The Morgan fingerprint density at radius 3 is 2.35 bits per heavy atom. The van der Waals surface area contributed by atoms with E-state index < -0.39 is 33.4 Å². The van der Waals surface area contributed by atoms with Crippen LogP contribution < -0.4 is 15.4 Å². The quantitative estimate of drug-likeness (QED) is 0.307. The van der Waals surface area contributed by atoms with Gasteiger partial charge in [0.2, 0.25) is 17.7 Å². The van der Waals surface area contributed by atoms with Crippen molar-refractivity contribution in [2.45, 2.75) is 62.1 Å². The minimum atomic E-state index is -0.828. The van der Waals surface area contributed by atoms with Gasteiger partial charge in [-0.05, 0) is 79.8 Å². The van der Waals surface area contributed by atoms with Gasteiger partial charge in [-0.3, -0.25) is 14.4 Å². The lowest BCUT2D eigenvalue weighted by molar-refractivity contribution is -0.142. The molecule has 0 aromatic heterocycles. The topological polar surface area (TPSA) is 108 Å². The van der Waals surface area contributed by atoms with E-state index in [1.165, 1.54) is 0 Å². The number of nitrogens with one attached hydrogen (secondary N) is 2. The fourth-order valence-electron chi connectivity index (χ4n) is 7.54. The zero-order valence-corrected chi connectivity index (χ0v) is 25.8. The zero-order valence-electron chi connectivity index (χ0n) is 25.0. The molecule has 3 N–H and O–H groups in total. The molecule has 3 fully saturated rings. The Kier molecular flexibility index (Phi) is 7.67. The van der Waals surface area contributed by atoms with E-state index in [0.717, 1.165) is 10.8 Å². The third-order valence-electron chi connectivity index (χ3n) is 9.51. The molecule has 1 spiro atoms. The van der Waals surface area contributed by atoms with E-state index in [1.54, 1.807) is 28.8 Å². The van der Waals surface area contributed by atoms with Crippen LogP contribution in [0.5, 0.6) is 5.75 Å². The maximum atomic E-state index is 14.5. The molecule has 0 aliphatic carbocycles. The van der Waals surface area contributed by atoms with E-state index in [0.29, 0.717) is 36.6 Å². The van der Waals surface area contributed by atoms with Crippen molar-refractivity contribution in [2.75, 3.05) is 23.8 Å². The summed E-state index contributed by atoms with van der Waals surface area (Å²) in [5.41, 5.74) is 1.27. The summed E-state index contributed by atoms with van der Waals surface area (Å²) < 4.78 is 4.24. The lowest BCUT2D eigenvalue weighted by Crippen LogP contribution is -2.56. The molecule has 8 nitrogen and oxygen atoms in total. The SMILES string of the molecule is CCOc1ccc(NC(=O)[C@@H]2[C@H]3C(=O)N([C@@H](CO)C(C)C)C(C(=O)Nc4ccc5ccccc5c4)C34CC[C@@]2(C)S4)cc1. The molecule has 6 rings (SSSR count). The maximum absolute atomic E-state index is 14.5. The fraction of sp³-hybridized carbons (Fsp3) is 0.441. The number of likely N-dealkylation sites (tertiary alicyclic amines) is 1. The summed E-state index contributed by atoms with van der Waals surface area (Å²) in [5, 5.41) is 18.7. The summed E-state index contributed by atoms with van der Waals surface area (Å²) in [5.74, 6) is -1.41. The Hall–Kier alpha value is -3.56. The summed E-state index contributed by atoms with van der Waals surface area (Å²) in [6.07, 6.45) is 1.35. The molecule has 2 bridgehead atoms. The number of thioether (sulfide) groups is 1. The second kappa shape index (κ2) is 11.2. The summed E-state index contributed by atoms with van der Waals surface area (Å²) in [7, 11) is 0. The summed E-state index contributed by atoms with van der Waals surface area (Å²) in [6, 6.07) is 19.5. The first kappa shape index (κ1) is 29.5. The van der Waals surface area contributed by atoms with Gasteiger partial charge < -0.3 is 25.4 Å². The molecule has 3 amide bonds. The van der Waals surface area contributed by atoms with Crippen molar-refractivity contribution in [1.82, 2.24) is 4.90 Å². The number of nitrogens with zero attached hydrogens (tertiary/aromatic N) is 1. The molecule has 226 valence electrons. The van der Waals surface area contributed by atoms with Crippen LogP contribution in [0.15, 0.2) is 66.7 Å². The van der Waals surface area contributed by atoms with E-state index in [4.69, 9.17) is 4.74 Å². The van der Waals surface area contributed by atoms with Crippen molar-refractivity contribution in [3.8, 4) is 5.75 Å². The zero-order chi connectivity index (χ0) is 30.5. The molecule has 0 saturated carbocycles. The molecular formula is C34H39N3O5S. The maximum Gasteiger partial charge on any atom is 0.248 e. The van der Waals surface area contributed by atoms with Crippen LogP contribution >= 0.6 is 11.8 Å². The first-order chi connectivity index (χ1) is 20.6. The van der Waals surface area contributed by atoms with Gasteiger partial charge in [0.25, 0.3) is 0 Å². The van der Waals surface area contributed by atoms with E-state index in [-0.39, 0.29) is 30.2 Å². The van der Waals surface area contributed by atoms with Gasteiger partial charge in [-0.25, -0.2) is 0 Å². The number of hydrogen-bond acceptors (Lipinski definition) is 6. The van der Waals surface area contributed by atoms with Gasteiger partial charge in [-0.2, -0.15) is 0 Å². The van der Waals surface area contributed by atoms with Crippen LogP contribution in [0.3, 0.4) is 0 Å². The molecule has 6 atom stereocenters. The minimum absolute atomic E-state index is 0.0888. The van der Waals surface area contributed by atoms with Gasteiger partial charge in [0, 0.05) is 16.1 Å². The normalized spacial score (nSPS) is 28.3. The molecule has 3 heterocycles. The smallest absolute Gasteiger partial charge is 0.248 e. The van der Waals surface area contributed by atoms with Crippen LogP contribution in [0.4, 0.5) is 11.4 Å². The lowest BCUT2D eigenvalue weighted by atomic mass is 9.66. The van der Waals surface area contributed by atoms with Crippen molar-refractivity contribution >= 4 is 51.6 Å². The molecule has 3 aromatic carbocycles. The first-order valence-electron chi connectivity index (χ1n) is 15.1. The number of carbonyl (C=O) groups excluding carboxylic acids is 3. The largest absolute Gasteiger partial charge is 0.494 e. The number of rotatable bonds is 9. The molecule has 3 aromatic rings. The number of anilines is 2. The molecule has 3 aliphatic rings. The summed E-state index contributed by atoms with van der Waals surface area (Å²) in [4.78, 5) is 44.4. The molecule has 3 aliphatic heterocycles. The van der Waals surface area contributed by atoms with Crippen molar-refractivity contribution in [3.63, 3.8) is 0 Å². The third-order valence-corrected chi connectivity index (χ3v) is 11.5. The Balaban J connectivity index is 1.35. The van der Waals surface area contributed by atoms with Gasteiger partial charge in [-0.1, -0.05) is 44.2 Å². The van der Waals surface area contributed by atoms with Crippen molar-refractivity contribution in [2.24, 2.45) is 17.8 Å². The predicted molar refractivity (Wildman–Crippen MR) is 170 cm³/mol. The summed E-state index contributed by atoms with van der Waals surface area (Å²) >= 11 is 1.62. The predicted octanol–water partition coefficient (Wildman–Crippen LogP) is 5.31. The number of amides is 3.